The smallest absolute Gasteiger partial charge is 0.237 e. The monoisotopic (exact) mass is 445 g/mol. The molecular formula is C26H31N5O2. The number of benzene rings is 2. The first-order chi connectivity index (χ1) is 16.0. The van der Waals surface area contributed by atoms with Gasteiger partial charge in [-0.2, -0.15) is 5.10 Å². The Kier molecular flexibility index (Phi) is 7.19. The van der Waals surface area contributed by atoms with Gasteiger partial charge in [0.15, 0.2) is 0 Å². The van der Waals surface area contributed by atoms with Gasteiger partial charge in [-0.25, -0.2) is 0 Å². The second kappa shape index (κ2) is 10.4. The molecule has 0 spiro atoms. The van der Waals surface area contributed by atoms with Crippen molar-refractivity contribution in [3.63, 3.8) is 0 Å². The molecule has 2 aromatic carbocycles. The van der Waals surface area contributed by atoms with Gasteiger partial charge in [0, 0.05) is 38.3 Å². The summed E-state index contributed by atoms with van der Waals surface area (Å²) >= 11 is 0. The molecule has 172 valence electrons. The van der Waals surface area contributed by atoms with Crippen LogP contribution in [0.3, 0.4) is 0 Å². The van der Waals surface area contributed by atoms with Crippen LogP contribution in [0.2, 0.25) is 0 Å². The third-order valence-corrected chi connectivity index (χ3v) is 6.27. The number of aryl methyl sites for hydroxylation is 2. The Balaban J connectivity index is 1.47. The molecule has 1 unspecified atom stereocenters. The highest BCUT2D eigenvalue weighted by atomic mass is 16.2. The topological polar surface area (TPSA) is 79.3 Å². The Morgan fingerprint density at radius 2 is 1.76 bits per heavy atom. The number of hydrogen-bond acceptors (Lipinski definition) is 4. The average Bonchev–Trinajstić information content (AvgIpc) is 3.16. The summed E-state index contributed by atoms with van der Waals surface area (Å²) in [4.78, 5) is 27.7. The molecule has 7 nitrogen and oxygen atoms in total. The minimum absolute atomic E-state index is 0.0926. The maximum Gasteiger partial charge on any atom is 0.237 e. The van der Waals surface area contributed by atoms with Crippen molar-refractivity contribution in [1.82, 2.24) is 25.3 Å². The van der Waals surface area contributed by atoms with E-state index in [0.717, 1.165) is 11.4 Å². The Morgan fingerprint density at radius 3 is 2.33 bits per heavy atom. The summed E-state index contributed by atoms with van der Waals surface area (Å²) in [6.45, 7) is 4.28. The van der Waals surface area contributed by atoms with E-state index in [4.69, 9.17) is 0 Å². The van der Waals surface area contributed by atoms with Gasteiger partial charge >= 0.3 is 0 Å². The lowest BCUT2D eigenvalue weighted by Gasteiger charge is -2.37. The van der Waals surface area contributed by atoms with Crippen molar-refractivity contribution in [3.05, 3.63) is 89.2 Å². The van der Waals surface area contributed by atoms with Crippen molar-refractivity contribution in [2.45, 2.75) is 31.8 Å². The number of nitrogens with zero attached hydrogens (tertiary/aromatic N) is 3. The van der Waals surface area contributed by atoms with E-state index >= 15 is 0 Å². The molecule has 7 heteroatoms. The first kappa shape index (κ1) is 22.7. The first-order valence-corrected chi connectivity index (χ1v) is 11.4. The van der Waals surface area contributed by atoms with E-state index in [-0.39, 0.29) is 24.2 Å². The lowest BCUT2D eigenvalue weighted by atomic mass is 9.90. The number of nitrogens with one attached hydrogen (secondary N) is 2. The number of carbonyl (C=O) groups is 2. The van der Waals surface area contributed by atoms with Gasteiger partial charge in [0.05, 0.1) is 24.7 Å². The Labute approximate surface area is 194 Å². The summed E-state index contributed by atoms with van der Waals surface area (Å²) < 4.78 is 1.78. The third-order valence-electron chi connectivity index (χ3n) is 6.27. The van der Waals surface area contributed by atoms with Gasteiger partial charge in [0.1, 0.15) is 0 Å². The van der Waals surface area contributed by atoms with Crippen molar-refractivity contribution < 1.29 is 9.59 Å². The largest absolute Gasteiger partial charge is 0.353 e. The third kappa shape index (κ3) is 5.68. The van der Waals surface area contributed by atoms with Gasteiger partial charge in [-0.15, -0.1) is 0 Å². The molecule has 2 N–H and O–H groups in total. The highest BCUT2D eigenvalue weighted by Gasteiger charge is 2.33. The van der Waals surface area contributed by atoms with Crippen LogP contribution in [0.25, 0.3) is 0 Å². The molecule has 0 bridgehead atoms. The summed E-state index contributed by atoms with van der Waals surface area (Å²) in [5.41, 5.74) is 4.23. The van der Waals surface area contributed by atoms with Crippen LogP contribution in [0.5, 0.6) is 0 Å². The highest BCUT2D eigenvalue weighted by Crippen LogP contribution is 2.27. The fourth-order valence-electron chi connectivity index (χ4n) is 4.37. The normalized spacial score (nSPS) is 16.6. The van der Waals surface area contributed by atoms with E-state index in [9.17, 15) is 9.59 Å². The van der Waals surface area contributed by atoms with Crippen LogP contribution >= 0.6 is 0 Å². The Bertz CT molecular complexity index is 1020. The van der Waals surface area contributed by atoms with Gasteiger partial charge in [0.25, 0.3) is 0 Å². The van der Waals surface area contributed by atoms with Crippen LogP contribution in [0.15, 0.2) is 66.7 Å². The van der Waals surface area contributed by atoms with Gasteiger partial charge in [-0.3, -0.25) is 19.2 Å². The maximum absolute atomic E-state index is 12.8. The summed E-state index contributed by atoms with van der Waals surface area (Å²) in [6, 6.07) is 22.1. The Hall–Kier alpha value is -3.45. The summed E-state index contributed by atoms with van der Waals surface area (Å²) in [6.07, 6.45) is 0.119. The van der Waals surface area contributed by atoms with Crippen molar-refractivity contribution in [1.29, 1.82) is 0 Å². The summed E-state index contributed by atoms with van der Waals surface area (Å²) in [5.74, 6) is -0.133. The molecule has 1 fully saturated rings. The van der Waals surface area contributed by atoms with Gasteiger partial charge < -0.3 is 10.6 Å². The molecular weight excluding hydrogens is 414 g/mol. The maximum atomic E-state index is 12.8. The zero-order valence-corrected chi connectivity index (χ0v) is 19.2. The van der Waals surface area contributed by atoms with E-state index < -0.39 is 6.04 Å². The molecule has 0 aliphatic carbocycles. The highest BCUT2D eigenvalue weighted by molar-refractivity contribution is 5.88. The van der Waals surface area contributed by atoms with E-state index in [1.165, 1.54) is 11.1 Å². The second-order valence-electron chi connectivity index (χ2n) is 8.56. The minimum Gasteiger partial charge on any atom is -0.353 e. The van der Waals surface area contributed by atoms with Crippen LogP contribution in [0, 0.1) is 6.92 Å². The minimum atomic E-state index is -0.501. The van der Waals surface area contributed by atoms with Crippen molar-refractivity contribution >= 4 is 11.8 Å². The van der Waals surface area contributed by atoms with E-state index in [2.05, 4.69) is 44.9 Å². The standard InChI is InChI=1S/C26H31N5O2/c1-19-15-22(29-30(19)2)17-28-25(32)16-24-26(33)27-13-14-31(24)18-23(20-9-5-3-6-10-20)21-11-7-4-8-12-21/h3-12,15,23-24H,13-14,16-18H2,1-2H3,(H,27,33)(H,28,32). The van der Waals surface area contributed by atoms with E-state index in [1.54, 1.807) is 4.68 Å². The molecule has 1 aliphatic rings. The summed E-state index contributed by atoms with van der Waals surface area (Å²) in [7, 11) is 1.88. The van der Waals surface area contributed by atoms with Crippen LogP contribution in [0.1, 0.15) is 34.9 Å². The SMILES string of the molecule is Cc1cc(CNC(=O)CC2C(=O)NCCN2CC(c2ccccc2)c2ccccc2)nn1C. The molecule has 33 heavy (non-hydrogen) atoms. The van der Waals surface area contributed by atoms with Gasteiger partial charge in [-0.05, 0) is 24.1 Å². The predicted molar refractivity (Wildman–Crippen MR) is 128 cm³/mol. The molecule has 0 saturated carbocycles. The molecule has 3 aromatic rings. The second-order valence-corrected chi connectivity index (χ2v) is 8.56. The Morgan fingerprint density at radius 1 is 1.12 bits per heavy atom. The first-order valence-electron chi connectivity index (χ1n) is 11.4. The van der Waals surface area contributed by atoms with Crippen molar-refractivity contribution in [2.75, 3.05) is 19.6 Å². The fourth-order valence-corrected chi connectivity index (χ4v) is 4.37. The molecule has 1 aliphatic heterocycles. The van der Waals surface area contributed by atoms with Crippen LogP contribution < -0.4 is 10.6 Å². The lowest BCUT2D eigenvalue weighted by molar-refractivity contribution is -0.134. The van der Waals surface area contributed by atoms with Crippen LogP contribution in [0.4, 0.5) is 0 Å². The molecule has 1 atom stereocenters. The number of amides is 2. The quantitative estimate of drug-likeness (QED) is 0.558. The number of carbonyl (C=O) groups excluding carboxylic acids is 2. The van der Waals surface area contributed by atoms with Gasteiger partial charge in [0.2, 0.25) is 11.8 Å². The number of hydrogen-bond donors (Lipinski definition) is 2. The van der Waals surface area contributed by atoms with Crippen LogP contribution in [-0.2, 0) is 23.2 Å². The zero-order valence-electron chi connectivity index (χ0n) is 19.2. The molecule has 0 radical (unpaired) electrons. The zero-order chi connectivity index (χ0) is 23.2. The molecule has 2 amide bonds. The van der Waals surface area contributed by atoms with Crippen molar-refractivity contribution in [3.8, 4) is 0 Å². The van der Waals surface area contributed by atoms with Crippen molar-refractivity contribution in [2.24, 2.45) is 7.05 Å². The van der Waals surface area contributed by atoms with Crippen LogP contribution in [-0.4, -0.2) is 52.2 Å². The van der Waals surface area contributed by atoms with E-state index in [1.807, 2.05) is 56.4 Å². The van der Waals surface area contributed by atoms with E-state index in [0.29, 0.717) is 26.2 Å². The average molecular weight is 446 g/mol. The lowest BCUT2D eigenvalue weighted by Crippen LogP contribution is -2.57. The molecule has 2 heterocycles. The van der Waals surface area contributed by atoms with Gasteiger partial charge in [-0.1, -0.05) is 60.7 Å². The number of rotatable bonds is 8. The fraction of sp³-hybridized carbons (Fsp3) is 0.346. The predicted octanol–water partition coefficient (Wildman–Crippen LogP) is 2.37. The molecule has 1 saturated heterocycles. The number of aromatic nitrogens is 2. The summed E-state index contributed by atoms with van der Waals surface area (Å²) in [5, 5.41) is 10.2. The molecule has 4 rings (SSSR count). The molecule has 1 aromatic heterocycles. The number of piperazine rings is 1.